The maximum absolute atomic E-state index is 12.9. The van der Waals surface area contributed by atoms with Crippen LogP contribution < -0.4 is 33.2 Å². The predicted octanol–water partition coefficient (Wildman–Crippen LogP) is -3.58. The average Bonchev–Trinajstić information content (AvgIpc) is 2.71. The van der Waals surface area contributed by atoms with Crippen molar-refractivity contribution in [2.45, 2.75) is 70.3 Å². The van der Waals surface area contributed by atoms with Crippen molar-refractivity contribution >= 4 is 35.6 Å². The van der Waals surface area contributed by atoms with Gasteiger partial charge in [-0.1, -0.05) is 13.8 Å². The quantitative estimate of drug-likeness (QED) is 0.0616. The van der Waals surface area contributed by atoms with Crippen molar-refractivity contribution in [3.63, 3.8) is 0 Å². The van der Waals surface area contributed by atoms with Crippen LogP contribution in [0.15, 0.2) is 4.99 Å². The van der Waals surface area contributed by atoms with Crippen molar-refractivity contribution in [3.05, 3.63) is 0 Å². The Labute approximate surface area is 196 Å². The second-order valence-electron chi connectivity index (χ2n) is 8.00. The number of guanidine groups is 1. The largest absolute Gasteiger partial charge is 0.481 e. The van der Waals surface area contributed by atoms with Crippen molar-refractivity contribution < 1.29 is 39.3 Å². The summed E-state index contributed by atoms with van der Waals surface area (Å²) in [6.07, 6.45) is -2.12. The first-order valence-corrected chi connectivity index (χ1v) is 10.5. The summed E-state index contributed by atoms with van der Waals surface area (Å²) in [7, 11) is 0. The van der Waals surface area contributed by atoms with Gasteiger partial charge in [-0.05, 0) is 25.7 Å². The highest BCUT2D eigenvalue weighted by atomic mass is 16.4. The molecular weight excluding hydrogens is 454 g/mol. The van der Waals surface area contributed by atoms with Crippen molar-refractivity contribution in [2.24, 2.45) is 28.1 Å². The minimum absolute atomic E-state index is 0.0198. The lowest BCUT2D eigenvalue weighted by Gasteiger charge is -2.25. The molecule has 5 unspecified atom stereocenters. The molecule has 15 heteroatoms. The van der Waals surface area contributed by atoms with Crippen LogP contribution in [-0.4, -0.2) is 87.8 Å². The Kier molecular flexibility index (Phi) is 13.2. The summed E-state index contributed by atoms with van der Waals surface area (Å²) in [5, 5.41) is 34.4. The highest BCUT2D eigenvalue weighted by molar-refractivity contribution is 5.95. The number of aliphatic carboxylic acids is 2. The second kappa shape index (κ2) is 14.6. The molecule has 0 saturated heterocycles. The molecule has 0 saturated carbocycles. The molecule has 0 aliphatic rings. The van der Waals surface area contributed by atoms with E-state index < -0.39 is 66.4 Å². The first-order chi connectivity index (χ1) is 15.7. The number of hydrogen-bond donors (Lipinski definition) is 9. The zero-order valence-corrected chi connectivity index (χ0v) is 19.4. The maximum Gasteiger partial charge on any atom is 0.328 e. The molecule has 34 heavy (non-hydrogen) atoms. The van der Waals surface area contributed by atoms with Gasteiger partial charge in [0.15, 0.2) is 12.0 Å². The first kappa shape index (κ1) is 30.5. The van der Waals surface area contributed by atoms with Crippen molar-refractivity contribution in [3.8, 4) is 0 Å². The van der Waals surface area contributed by atoms with E-state index in [0.717, 1.165) is 6.92 Å². The monoisotopic (exact) mass is 489 g/mol. The van der Waals surface area contributed by atoms with Crippen LogP contribution in [0, 0.1) is 5.92 Å². The summed E-state index contributed by atoms with van der Waals surface area (Å²) >= 11 is 0. The normalized spacial score (nSPS) is 15.2. The molecule has 0 aliphatic heterocycles. The van der Waals surface area contributed by atoms with Gasteiger partial charge in [0, 0.05) is 6.54 Å². The highest BCUT2D eigenvalue weighted by Crippen LogP contribution is 2.05. The molecule has 0 radical (unpaired) electrons. The predicted molar refractivity (Wildman–Crippen MR) is 120 cm³/mol. The fourth-order valence-electron chi connectivity index (χ4n) is 2.64. The Balaban J connectivity index is 5.62. The molecule has 0 heterocycles. The SMILES string of the molecule is CC(C)C(N)C(=O)NC(CCCN=C(N)N)C(=O)NC(CC(=O)O)C(=O)NC(C(=O)O)C(C)O. The number of nitrogens with zero attached hydrogens (tertiary/aromatic N) is 1. The van der Waals surface area contributed by atoms with Gasteiger partial charge in [0.25, 0.3) is 0 Å². The zero-order valence-electron chi connectivity index (χ0n) is 19.4. The molecule has 0 fully saturated rings. The van der Waals surface area contributed by atoms with E-state index in [9.17, 15) is 29.1 Å². The molecular formula is C19H35N7O8. The molecule has 0 aliphatic carbocycles. The summed E-state index contributed by atoms with van der Waals surface area (Å²) in [6, 6.07) is -5.59. The molecule has 0 rings (SSSR count). The van der Waals surface area contributed by atoms with Gasteiger partial charge in [0.1, 0.15) is 12.1 Å². The Morgan fingerprint density at radius 3 is 1.85 bits per heavy atom. The zero-order chi connectivity index (χ0) is 26.6. The molecule has 0 bridgehead atoms. The van der Waals surface area contributed by atoms with E-state index >= 15 is 0 Å². The number of carboxylic acids is 2. The second-order valence-corrected chi connectivity index (χ2v) is 8.00. The number of aliphatic imine (C=N–C) groups is 1. The van der Waals surface area contributed by atoms with Crippen molar-refractivity contribution in [2.75, 3.05) is 6.54 Å². The first-order valence-electron chi connectivity index (χ1n) is 10.5. The van der Waals surface area contributed by atoms with E-state index in [0.29, 0.717) is 0 Å². The van der Waals surface area contributed by atoms with Gasteiger partial charge in [-0.3, -0.25) is 24.2 Å². The fourth-order valence-corrected chi connectivity index (χ4v) is 2.64. The van der Waals surface area contributed by atoms with Crippen LogP contribution in [0.5, 0.6) is 0 Å². The van der Waals surface area contributed by atoms with Gasteiger partial charge >= 0.3 is 11.9 Å². The van der Waals surface area contributed by atoms with E-state index in [1.54, 1.807) is 13.8 Å². The highest BCUT2D eigenvalue weighted by Gasteiger charge is 2.33. The summed E-state index contributed by atoms with van der Waals surface area (Å²) < 4.78 is 0. The van der Waals surface area contributed by atoms with E-state index in [4.69, 9.17) is 27.4 Å². The maximum atomic E-state index is 12.9. The molecule has 3 amide bonds. The molecule has 5 atom stereocenters. The molecule has 0 spiro atoms. The van der Waals surface area contributed by atoms with E-state index in [-0.39, 0.29) is 31.3 Å². The Morgan fingerprint density at radius 1 is 0.882 bits per heavy atom. The Bertz CT molecular complexity index is 768. The third-order valence-electron chi connectivity index (χ3n) is 4.66. The van der Waals surface area contributed by atoms with Crippen LogP contribution in [0.3, 0.4) is 0 Å². The average molecular weight is 490 g/mol. The van der Waals surface area contributed by atoms with Crippen molar-refractivity contribution in [1.82, 2.24) is 16.0 Å². The number of carbonyl (C=O) groups is 5. The van der Waals surface area contributed by atoms with Gasteiger partial charge in [-0.2, -0.15) is 0 Å². The number of carboxylic acid groups (broad SMARTS) is 2. The summed E-state index contributed by atoms with van der Waals surface area (Å²) in [5.74, 6) is -6.12. The summed E-state index contributed by atoms with van der Waals surface area (Å²) in [6.45, 7) is 4.65. The van der Waals surface area contributed by atoms with Gasteiger partial charge in [0.05, 0.1) is 18.6 Å². The number of carbonyl (C=O) groups excluding carboxylic acids is 3. The Morgan fingerprint density at radius 2 is 1.41 bits per heavy atom. The standard InChI is InChI=1S/C19H35N7O8/c1-8(2)13(20)17(32)24-10(5-4-6-23-19(21)22)15(30)25-11(7-12(28)29)16(31)26-14(9(3)27)18(33)34/h8-11,13-14,27H,4-7,20H2,1-3H3,(H,24,32)(H,25,30)(H,26,31)(H,28,29)(H,33,34)(H4,21,22,23). The lowest BCUT2D eigenvalue weighted by molar-refractivity contribution is -0.146. The number of aliphatic hydroxyl groups excluding tert-OH is 1. The smallest absolute Gasteiger partial charge is 0.328 e. The van der Waals surface area contributed by atoms with Crippen LogP contribution in [0.2, 0.25) is 0 Å². The fraction of sp³-hybridized carbons (Fsp3) is 0.684. The third-order valence-corrected chi connectivity index (χ3v) is 4.66. The number of nitrogens with two attached hydrogens (primary N) is 3. The van der Waals surface area contributed by atoms with Crippen LogP contribution >= 0.6 is 0 Å². The van der Waals surface area contributed by atoms with Gasteiger partial charge in [-0.15, -0.1) is 0 Å². The van der Waals surface area contributed by atoms with Gasteiger partial charge in [0.2, 0.25) is 17.7 Å². The minimum Gasteiger partial charge on any atom is -0.481 e. The third kappa shape index (κ3) is 11.4. The molecule has 0 aromatic carbocycles. The number of amides is 3. The number of hydrogen-bond acceptors (Lipinski definition) is 8. The van der Waals surface area contributed by atoms with E-state index in [2.05, 4.69) is 15.6 Å². The molecule has 0 aromatic rings. The minimum atomic E-state index is -1.74. The van der Waals surface area contributed by atoms with Crippen LogP contribution in [0.4, 0.5) is 0 Å². The van der Waals surface area contributed by atoms with Crippen LogP contribution in [0.25, 0.3) is 0 Å². The van der Waals surface area contributed by atoms with E-state index in [1.165, 1.54) is 0 Å². The number of aliphatic hydroxyl groups is 1. The molecule has 15 nitrogen and oxygen atoms in total. The van der Waals surface area contributed by atoms with Crippen LogP contribution in [-0.2, 0) is 24.0 Å². The van der Waals surface area contributed by atoms with Crippen molar-refractivity contribution in [1.29, 1.82) is 0 Å². The number of rotatable bonds is 15. The molecule has 12 N–H and O–H groups in total. The number of nitrogens with one attached hydrogen (secondary N) is 3. The summed E-state index contributed by atoms with van der Waals surface area (Å²) in [5.41, 5.74) is 16.3. The van der Waals surface area contributed by atoms with Gasteiger partial charge < -0.3 is 48.5 Å². The molecule has 194 valence electrons. The molecule has 0 aromatic heterocycles. The van der Waals surface area contributed by atoms with Gasteiger partial charge in [-0.25, -0.2) is 4.79 Å². The lowest BCUT2D eigenvalue weighted by atomic mass is 10.0. The summed E-state index contributed by atoms with van der Waals surface area (Å²) in [4.78, 5) is 63.9. The van der Waals surface area contributed by atoms with E-state index in [1.807, 2.05) is 5.32 Å². The topological polar surface area (TPSA) is 273 Å². The van der Waals surface area contributed by atoms with Crippen LogP contribution in [0.1, 0.15) is 40.0 Å². The lowest BCUT2D eigenvalue weighted by Crippen LogP contribution is -2.59. The Hall–Kier alpha value is -3.46.